The third kappa shape index (κ3) is 4.22. The molecule has 0 unspecified atom stereocenters. The fourth-order valence-electron chi connectivity index (χ4n) is 3.42. The standard InChI is InChI=1S/C21H21IN4O/c22-18-3-1-4-19(15-18)26-10-2-5-20(26)21(27)25-13-11-24(12-14-25)16-17-6-8-23-9-7-17/h1-10,15H,11-14,16H2. The number of aromatic nitrogens is 2. The van der Waals surface area contributed by atoms with Crippen LogP contribution in [0.2, 0.25) is 0 Å². The van der Waals surface area contributed by atoms with Gasteiger partial charge in [-0.15, -0.1) is 0 Å². The summed E-state index contributed by atoms with van der Waals surface area (Å²) in [6.07, 6.45) is 5.61. The average Bonchev–Trinajstić information content (AvgIpc) is 3.19. The maximum atomic E-state index is 13.1. The Morgan fingerprint density at radius 2 is 1.78 bits per heavy atom. The van der Waals surface area contributed by atoms with E-state index in [0.29, 0.717) is 0 Å². The molecular formula is C21H21IN4O. The molecule has 138 valence electrons. The van der Waals surface area contributed by atoms with E-state index < -0.39 is 0 Å². The molecule has 1 amide bonds. The van der Waals surface area contributed by atoms with Gasteiger partial charge in [0.25, 0.3) is 5.91 Å². The predicted octanol–water partition coefficient (Wildman–Crippen LogP) is 3.43. The third-order valence-corrected chi connectivity index (χ3v) is 5.54. The number of hydrogen-bond acceptors (Lipinski definition) is 3. The first-order valence-corrected chi connectivity index (χ1v) is 10.1. The van der Waals surface area contributed by atoms with Crippen molar-refractivity contribution in [1.82, 2.24) is 19.4 Å². The van der Waals surface area contributed by atoms with E-state index >= 15 is 0 Å². The van der Waals surface area contributed by atoms with Crippen LogP contribution in [0.1, 0.15) is 16.1 Å². The Morgan fingerprint density at radius 1 is 1.00 bits per heavy atom. The molecule has 1 fully saturated rings. The molecule has 0 radical (unpaired) electrons. The van der Waals surface area contributed by atoms with Gasteiger partial charge in [-0.05, 0) is 70.6 Å². The van der Waals surface area contributed by atoms with Crippen molar-refractivity contribution in [2.45, 2.75) is 6.54 Å². The lowest BCUT2D eigenvalue weighted by Crippen LogP contribution is -2.48. The van der Waals surface area contributed by atoms with Gasteiger partial charge < -0.3 is 9.47 Å². The van der Waals surface area contributed by atoms with E-state index in [1.165, 1.54) is 5.56 Å². The molecule has 1 aliphatic heterocycles. The van der Waals surface area contributed by atoms with E-state index in [1.54, 1.807) is 0 Å². The van der Waals surface area contributed by atoms with E-state index in [1.807, 2.05) is 64.5 Å². The highest BCUT2D eigenvalue weighted by Crippen LogP contribution is 2.18. The van der Waals surface area contributed by atoms with Crippen LogP contribution in [-0.2, 0) is 6.54 Å². The molecule has 27 heavy (non-hydrogen) atoms. The largest absolute Gasteiger partial charge is 0.335 e. The fourth-order valence-corrected chi connectivity index (χ4v) is 3.95. The minimum absolute atomic E-state index is 0.0995. The minimum Gasteiger partial charge on any atom is -0.335 e. The average molecular weight is 472 g/mol. The van der Waals surface area contributed by atoms with Gasteiger partial charge in [-0.2, -0.15) is 0 Å². The highest BCUT2D eigenvalue weighted by atomic mass is 127. The highest BCUT2D eigenvalue weighted by Gasteiger charge is 2.24. The Labute approximate surface area is 172 Å². The number of nitrogens with zero attached hydrogens (tertiary/aromatic N) is 4. The van der Waals surface area contributed by atoms with Crippen molar-refractivity contribution >= 4 is 28.5 Å². The zero-order chi connectivity index (χ0) is 18.6. The lowest BCUT2D eigenvalue weighted by atomic mass is 10.2. The molecule has 0 aliphatic carbocycles. The van der Waals surface area contributed by atoms with E-state index in [2.05, 4.69) is 44.6 Å². The second kappa shape index (κ2) is 8.22. The molecular weight excluding hydrogens is 451 g/mol. The van der Waals surface area contributed by atoms with Crippen LogP contribution >= 0.6 is 22.6 Å². The first-order chi connectivity index (χ1) is 13.2. The number of carbonyl (C=O) groups excluding carboxylic acids is 1. The topological polar surface area (TPSA) is 41.4 Å². The summed E-state index contributed by atoms with van der Waals surface area (Å²) in [5.74, 6) is 0.0995. The van der Waals surface area contributed by atoms with Crippen molar-refractivity contribution in [3.63, 3.8) is 0 Å². The Bertz CT molecular complexity index is 917. The lowest BCUT2D eigenvalue weighted by Gasteiger charge is -2.34. The van der Waals surface area contributed by atoms with Crippen molar-refractivity contribution in [2.75, 3.05) is 26.2 Å². The van der Waals surface area contributed by atoms with Crippen molar-refractivity contribution < 1.29 is 4.79 Å². The number of benzene rings is 1. The zero-order valence-corrected chi connectivity index (χ0v) is 17.1. The zero-order valence-electron chi connectivity index (χ0n) is 15.0. The van der Waals surface area contributed by atoms with Gasteiger partial charge >= 0.3 is 0 Å². The molecule has 1 aromatic carbocycles. The summed E-state index contributed by atoms with van der Waals surface area (Å²) in [6.45, 7) is 4.18. The van der Waals surface area contributed by atoms with Crippen molar-refractivity contribution in [3.05, 3.63) is 81.9 Å². The number of hydrogen-bond donors (Lipinski definition) is 0. The molecule has 5 nitrogen and oxygen atoms in total. The second-order valence-electron chi connectivity index (χ2n) is 6.67. The van der Waals surface area contributed by atoms with Gasteiger partial charge in [0.05, 0.1) is 0 Å². The second-order valence-corrected chi connectivity index (χ2v) is 7.91. The Hall–Kier alpha value is -2.19. The number of amides is 1. The Kier molecular flexibility index (Phi) is 5.54. The van der Waals surface area contributed by atoms with Gasteiger partial charge in [0, 0.05) is 60.6 Å². The van der Waals surface area contributed by atoms with Crippen LogP contribution in [0.15, 0.2) is 67.1 Å². The number of rotatable bonds is 4. The normalized spacial score (nSPS) is 15.1. The monoisotopic (exact) mass is 472 g/mol. The molecule has 3 aromatic rings. The van der Waals surface area contributed by atoms with Gasteiger partial charge in [0.1, 0.15) is 5.69 Å². The molecule has 0 N–H and O–H groups in total. The predicted molar refractivity (Wildman–Crippen MR) is 114 cm³/mol. The minimum atomic E-state index is 0.0995. The summed E-state index contributed by atoms with van der Waals surface area (Å²) in [4.78, 5) is 21.5. The van der Waals surface area contributed by atoms with Gasteiger partial charge in [0.2, 0.25) is 0 Å². The van der Waals surface area contributed by atoms with Gasteiger partial charge in [-0.25, -0.2) is 0 Å². The molecule has 1 aliphatic rings. The first kappa shape index (κ1) is 18.2. The molecule has 2 aromatic heterocycles. The summed E-state index contributed by atoms with van der Waals surface area (Å²) >= 11 is 2.30. The molecule has 6 heteroatoms. The van der Waals surface area contributed by atoms with Gasteiger partial charge in [-0.3, -0.25) is 14.7 Å². The van der Waals surface area contributed by atoms with Crippen LogP contribution < -0.4 is 0 Å². The van der Waals surface area contributed by atoms with Crippen LogP contribution in [0.4, 0.5) is 0 Å². The molecule has 0 saturated carbocycles. The SMILES string of the molecule is O=C(c1cccn1-c1cccc(I)c1)N1CCN(Cc2ccncc2)CC1. The number of piperazine rings is 1. The number of carbonyl (C=O) groups is 1. The number of pyridine rings is 1. The maximum absolute atomic E-state index is 13.1. The third-order valence-electron chi connectivity index (χ3n) is 4.87. The summed E-state index contributed by atoms with van der Waals surface area (Å²) in [7, 11) is 0. The lowest BCUT2D eigenvalue weighted by molar-refractivity contribution is 0.0620. The summed E-state index contributed by atoms with van der Waals surface area (Å²) in [6, 6.07) is 16.1. The van der Waals surface area contributed by atoms with Crippen molar-refractivity contribution in [2.24, 2.45) is 0 Å². The van der Waals surface area contributed by atoms with Crippen LogP contribution in [-0.4, -0.2) is 51.4 Å². The van der Waals surface area contributed by atoms with Gasteiger partial charge in [0.15, 0.2) is 0 Å². The van der Waals surface area contributed by atoms with E-state index in [-0.39, 0.29) is 5.91 Å². The highest BCUT2D eigenvalue weighted by molar-refractivity contribution is 14.1. The van der Waals surface area contributed by atoms with Crippen molar-refractivity contribution in [3.8, 4) is 5.69 Å². The maximum Gasteiger partial charge on any atom is 0.270 e. The van der Waals surface area contributed by atoms with Crippen LogP contribution in [0.5, 0.6) is 0 Å². The smallest absolute Gasteiger partial charge is 0.270 e. The summed E-state index contributed by atoms with van der Waals surface area (Å²) in [5.41, 5.74) is 3.00. The molecule has 0 atom stereocenters. The fraction of sp³-hybridized carbons (Fsp3) is 0.238. The summed E-state index contributed by atoms with van der Waals surface area (Å²) < 4.78 is 3.13. The van der Waals surface area contributed by atoms with Crippen molar-refractivity contribution in [1.29, 1.82) is 0 Å². The first-order valence-electron chi connectivity index (χ1n) is 9.04. The van der Waals surface area contributed by atoms with Crippen LogP contribution in [0.25, 0.3) is 5.69 Å². The summed E-state index contributed by atoms with van der Waals surface area (Å²) in [5, 5.41) is 0. The molecule has 0 spiro atoms. The van der Waals surface area contributed by atoms with E-state index in [4.69, 9.17) is 0 Å². The molecule has 0 bridgehead atoms. The van der Waals surface area contributed by atoms with Crippen LogP contribution in [0.3, 0.4) is 0 Å². The molecule has 4 rings (SSSR count). The number of halogens is 1. The Balaban J connectivity index is 1.42. The Morgan fingerprint density at radius 3 is 2.52 bits per heavy atom. The molecule has 3 heterocycles. The van der Waals surface area contributed by atoms with Gasteiger partial charge in [-0.1, -0.05) is 6.07 Å². The van der Waals surface area contributed by atoms with E-state index in [0.717, 1.165) is 47.7 Å². The molecule has 1 saturated heterocycles. The van der Waals surface area contributed by atoms with E-state index in [9.17, 15) is 4.79 Å². The quantitative estimate of drug-likeness (QED) is 0.547. The van der Waals surface area contributed by atoms with Crippen LogP contribution in [0, 0.1) is 3.57 Å².